The summed E-state index contributed by atoms with van der Waals surface area (Å²) in [5.74, 6) is 1.71. The Hall–Kier alpha value is -2.19. The van der Waals surface area contributed by atoms with Gasteiger partial charge in [0.25, 0.3) is 0 Å². The van der Waals surface area contributed by atoms with Crippen LogP contribution in [0, 0.1) is 0 Å². The van der Waals surface area contributed by atoms with Crippen molar-refractivity contribution >= 4 is 63.6 Å². The number of hydrogen-bond acceptors (Lipinski definition) is 4. The molecule has 10 heteroatoms. The highest BCUT2D eigenvalue weighted by atomic mass is 35.5. The fraction of sp³-hybridized carbons (Fsp3) is 0.158. The average Bonchev–Trinajstić information content (AvgIpc) is 3.03. The summed E-state index contributed by atoms with van der Waals surface area (Å²) >= 11 is 23.7. The normalized spacial score (nSPS) is 10.5. The second-order valence-corrected chi connectivity index (χ2v) is 7.55. The van der Waals surface area contributed by atoms with Gasteiger partial charge in [-0.15, -0.1) is 0 Å². The van der Waals surface area contributed by atoms with Crippen molar-refractivity contribution < 1.29 is 9.47 Å². The Morgan fingerprint density at radius 2 is 1.79 bits per heavy atom. The number of thiocarbonyl (C=S) groups is 1. The van der Waals surface area contributed by atoms with E-state index in [0.717, 1.165) is 5.56 Å². The molecule has 152 valence electrons. The van der Waals surface area contributed by atoms with Crippen molar-refractivity contribution in [3.63, 3.8) is 0 Å². The maximum absolute atomic E-state index is 6.30. The average molecular weight is 472 g/mol. The molecule has 3 aromatic rings. The highest BCUT2D eigenvalue weighted by Gasteiger charge is 2.12. The van der Waals surface area contributed by atoms with Gasteiger partial charge in [-0.05, 0) is 42.0 Å². The number of nitrogens with one attached hydrogen (secondary N) is 2. The quantitative estimate of drug-likeness (QED) is 0.449. The summed E-state index contributed by atoms with van der Waals surface area (Å²) in [6, 6.07) is 10.7. The third-order valence-corrected chi connectivity index (χ3v) is 5.15. The molecular formula is C19H17Cl3N4O2S. The van der Waals surface area contributed by atoms with Crippen LogP contribution in [0.15, 0.2) is 42.6 Å². The van der Waals surface area contributed by atoms with Crippen LogP contribution in [0.1, 0.15) is 5.56 Å². The smallest absolute Gasteiger partial charge is 0.176 e. The molecule has 1 aromatic heterocycles. The number of methoxy groups -OCH3 is 2. The Kier molecular flexibility index (Phi) is 7.08. The van der Waals surface area contributed by atoms with Gasteiger partial charge in [0.15, 0.2) is 10.9 Å². The van der Waals surface area contributed by atoms with Crippen molar-refractivity contribution in [3.05, 3.63) is 63.2 Å². The number of nitrogens with zero attached hydrogens (tertiary/aromatic N) is 2. The van der Waals surface area contributed by atoms with Gasteiger partial charge in [0, 0.05) is 12.3 Å². The lowest BCUT2D eigenvalue weighted by atomic mass is 10.2. The Labute approximate surface area is 188 Å². The molecule has 0 atom stereocenters. The molecule has 0 unspecified atom stereocenters. The van der Waals surface area contributed by atoms with E-state index in [2.05, 4.69) is 15.7 Å². The minimum absolute atomic E-state index is 0.304. The molecule has 29 heavy (non-hydrogen) atoms. The Bertz CT molecular complexity index is 1040. The zero-order valence-electron chi connectivity index (χ0n) is 15.5. The van der Waals surface area contributed by atoms with E-state index in [9.17, 15) is 0 Å². The van der Waals surface area contributed by atoms with E-state index in [1.54, 1.807) is 55.4 Å². The summed E-state index contributed by atoms with van der Waals surface area (Å²) in [6.07, 6.45) is 1.70. The first kappa shape index (κ1) is 21.5. The molecule has 2 aromatic carbocycles. The van der Waals surface area contributed by atoms with Crippen molar-refractivity contribution in [1.29, 1.82) is 0 Å². The fourth-order valence-corrected chi connectivity index (χ4v) is 3.29. The van der Waals surface area contributed by atoms with Crippen LogP contribution in [0.5, 0.6) is 11.5 Å². The van der Waals surface area contributed by atoms with E-state index < -0.39 is 0 Å². The Morgan fingerprint density at radius 1 is 1.00 bits per heavy atom. The molecule has 0 radical (unpaired) electrons. The number of benzene rings is 2. The van der Waals surface area contributed by atoms with Crippen LogP contribution in [0.2, 0.25) is 15.1 Å². The SMILES string of the molecule is COc1ccc(OC)c(NC(=S)Nc2nn(Cc3ccc(Cl)c(Cl)c3)cc2Cl)c1. The number of ether oxygens (including phenoxy) is 2. The molecule has 0 saturated carbocycles. The molecule has 0 aliphatic heterocycles. The third kappa shape index (κ3) is 5.45. The molecule has 6 nitrogen and oxygen atoms in total. The van der Waals surface area contributed by atoms with Crippen LogP contribution < -0.4 is 20.1 Å². The van der Waals surface area contributed by atoms with Gasteiger partial charge in [-0.2, -0.15) is 5.10 Å². The van der Waals surface area contributed by atoms with Crippen molar-refractivity contribution in [2.75, 3.05) is 24.9 Å². The summed E-state index contributed by atoms with van der Waals surface area (Å²) in [6.45, 7) is 0.474. The zero-order valence-corrected chi connectivity index (χ0v) is 18.6. The Morgan fingerprint density at radius 3 is 2.48 bits per heavy atom. The summed E-state index contributed by atoms with van der Waals surface area (Å²) < 4.78 is 12.3. The molecule has 2 N–H and O–H groups in total. The highest BCUT2D eigenvalue weighted by Crippen LogP contribution is 2.29. The second kappa shape index (κ2) is 9.54. The molecular weight excluding hydrogens is 455 g/mol. The summed E-state index contributed by atoms with van der Waals surface area (Å²) in [7, 11) is 3.16. The van der Waals surface area contributed by atoms with E-state index in [4.69, 9.17) is 56.5 Å². The van der Waals surface area contributed by atoms with Gasteiger partial charge >= 0.3 is 0 Å². The second-order valence-electron chi connectivity index (χ2n) is 5.92. The van der Waals surface area contributed by atoms with E-state index in [1.807, 2.05) is 6.07 Å². The van der Waals surface area contributed by atoms with Crippen LogP contribution in [0.25, 0.3) is 0 Å². The number of hydrogen-bond donors (Lipinski definition) is 2. The third-order valence-electron chi connectivity index (χ3n) is 3.93. The molecule has 1 heterocycles. The first-order valence-corrected chi connectivity index (χ1v) is 9.90. The zero-order chi connectivity index (χ0) is 21.0. The molecule has 0 saturated heterocycles. The van der Waals surface area contributed by atoms with Crippen LogP contribution in [-0.2, 0) is 6.54 Å². The molecule has 0 aliphatic carbocycles. The Balaban J connectivity index is 1.70. The number of rotatable bonds is 6. The number of aromatic nitrogens is 2. The molecule has 0 spiro atoms. The van der Waals surface area contributed by atoms with Gasteiger partial charge in [0.2, 0.25) is 0 Å². The fourth-order valence-electron chi connectivity index (χ4n) is 2.56. The highest BCUT2D eigenvalue weighted by molar-refractivity contribution is 7.80. The van der Waals surface area contributed by atoms with Gasteiger partial charge in [-0.25, -0.2) is 0 Å². The predicted molar refractivity (Wildman–Crippen MR) is 122 cm³/mol. The van der Waals surface area contributed by atoms with Crippen molar-refractivity contribution in [1.82, 2.24) is 9.78 Å². The maximum atomic E-state index is 6.30. The molecule has 0 amide bonds. The van der Waals surface area contributed by atoms with E-state index in [0.29, 0.717) is 49.7 Å². The maximum Gasteiger partial charge on any atom is 0.176 e. The van der Waals surface area contributed by atoms with Crippen molar-refractivity contribution in [2.24, 2.45) is 0 Å². The lowest BCUT2D eigenvalue weighted by Gasteiger charge is -2.13. The molecule has 0 fully saturated rings. The predicted octanol–water partition coefficient (Wildman–Crippen LogP) is 5.72. The van der Waals surface area contributed by atoms with Crippen LogP contribution in [-0.4, -0.2) is 29.1 Å². The summed E-state index contributed by atoms with van der Waals surface area (Å²) in [5.41, 5.74) is 1.59. The lowest BCUT2D eigenvalue weighted by molar-refractivity contribution is 0.405. The molecule has 0 bridgehead atoms. The van der Waals surface area contributed by atoms with Crippen LogP contribution >= 0.6 is 47.0 Å². The first-order chi connectivity index (χ1) is 13.9. The van der Waals surface area contributed by atoms with E-state index in [-0.39, 0.29) is 0 Å². The number of halogens is 3. The minimum atomic E-state index is 0.304. The number of anilines is 2. The minimum Gasteiger partial charge on any atom is -0.497 e. The van der Waals surface area contributed by atoms with Crippen LogP contribution in [0.4, 0.5) is 11.5 Å². The van der Waals surface area contributed by atoms with Crippen LogP contribution in [0.3, 0.4) is 0 Å². The standard InChI is InChI=1S/C19H17Cl3N4O2S/c1-27-12-4-6-17(28-2)16(8-12)23-19(29)24-18-15(22)10-26(25-18)9-11-3-5-13(20)14(21)7-11/h3-8,10H,9H2,1-2H3,(H2,23,24,25,29). The monoisotopic (exact) mass is 470 g/mol. The lowest BCUT2D eigenvalue weighted by Crippen LogP contribution is -2.20. The topological polar surface area (TPSA) is 60.3 Å². The van der Waals surface area contributed by atoms with Gasteiger partial charge in [-0.3, -0.25) is 4.68 Å². The largest absolute Gasteiger partial charge is 0.497 e. The van der Waals surface area contributed by atoms with Gasteiger partial charge < -0.3 is 20.1 Å². The van der Waals surface area contributed by atoms with Crippen molar-refractivity contribution in [3.8, 4) is 11.5 Å². The van der Waals surface area contributed by atoms with E-state index >= 15 is 0 Å². The van der Waals surface area contributed by atoms with Gasteiger partial charge in [0.1, 0.15) is 16.5 Å². The van der Waals surface area contributed by atoms with Gasteiger partial charge in [-0.1, -0.05) is 40.9 Å². The summed E-state index contributed by atoms with van der Waals surface area (Å²) in [4.78, 5) is 0. The van der Waals surface area contributed by atoms with E-state index in [1.165, 1.54) is 0 Å². The summed E-state index contributed by atoms with van der Waals surface area (Å²) in [5, 5.41) is 12.2. The van der Waals surface area contributed by atoms with Gasteiger partial charge in [0.05, 0.1) is 36.5 Å². The molecule has 0 aliphatic rings. The first-order valence-electron chi connectivity index (χ1n) is 8.36. The molecule has 3 rings (SSSR count). The van der Waals surface area contributed by atoms with Crippen molar-refractivity contribution in [2.45, 2.75) is 6.54 Å².